The Morgan fingerprint density at radius 3 is 2.03 bits per heavy atom. The Balaban J connectivity index is 1.71. The molecule has 23 heteroatoms. The zero-order chi connectivity index (χ0) is 55.5. The molecule has 3 aliphatic heterocycles. The maximum Gasteiger partial charge on any atom is 0.248 e. The van der Waals surface area contributed by atoms with Gasteiger partial charge in [-0.25, -0.2) is 0 Å². The molecule has 3 heterocycles. The second-order valence-corrected chi connectivity index (χ2v) is 21.1. The Labute approximate surface area is 440 Å². The highest BCUT2D eigenvalue weighted by atomic mass is 16.5. The first-order valence-corrected chi connectivity index (χ1v) is 26.7. The number of hydrogen-bond acceptors (Lipinski definition) is 16. The maximum atomic E-state index is 14.4. The number of aromatic hydroxyl groups is 1. The molecule has 0 aromatic heterocycles. The summed E-state index contributed by atoms with van der Waals surface area (Å²) >= 11 is 0. The summed E-state index contributed by atoms with van der Waals surface area (Å²) in [6.07, 6.45) is -1.04. The molecular weight excluding hydrogens is 977 g/mol. The number of nitrogens with one attached hydrogen (secondary N) is 5. The van der Waals surface area contributed by atoms with Crippen molar-refractivity contribution < 1.29 is 74.0 Å². The number of aliphatic hydroxyl groups excluding tert-OH is 6. The molecule has 424 valence electrons. The number of nitrogens with zero attached hydrogens (tertiary/aromatic N) is 3. The van der Waals surface area contributed by atoms with Crippen LogP contribution in [0.3, 0.4) is 0 Å². The van der Waals surface area contributed by atoms with Crippen molar-refractivity contribution in [2.24, 2.45) is 11.8 Å². The van der Waals surface area contributed by atoms with E-state index in [4.69, 9.17) is 4.74 Å². The predicted octanol–water partition coefficient (Wildman–Crippen LogP) is -1.49. The lowest BCUT2D eigenvalue weighted by Crippen LogP contribution is -2.63. The number of carbonyl (C=O) groups is 7. The molecule has 12 N–H and O–H groups in total. The molecule has 75 heavy (non-hydrogen) atoms. The molecule has 3 saturated heterocycles. The molecule has 23 nitrogen and oxygen atoms in total. The molecule has 3 fully saturated rings. The van der Waals surface area contributed by atoms with E-state index in [0.29, 0.717) is 12.0 Å². The number of phenolic OH excluding ortho intramolecular Hbond substituents is 1. The minimum absolute atomic E-state index is 0.00601. The van der Waals surface area contributed by atoms with Gasteiger partial charge in [-0.1, -0.05) is 90.7 Å². The molecule has 4 rings (SSSR count). The van der Waals surface area contributed by atoms with Gasteiger partial charge in [0.15, 0.2) is 6.23 Å². The number of ether oxygens (including phenoxy) is 1. The molecule has 0 saturated carbocycles. The first-order chi connectivity index (χ1) is 35.6. The van der Waals surface area contributed by atoms with Gasteiger partial charge >= 0.3 is 0 Å². The van der Waals surface area contributed by atoms with Gasteiger partial charge in [0.25, 0.3) is 0 Å². The van der Waals surface area contributed by atoms with Gasteiger partial charge in [0.2, 0.25) is 41.4 Å². The Bertz CT molecular complexity index is 2010. The number of carbonyl (C=O) groups excluding carboxylic acids is 7. The largest absolute Gasteiger partial charge is 0.508 e. The Hall–Kier alpha value is -5.01. The normalized spacial score (nSPS) is 28.8. The van der Waals surface area contributed by atoms with Crippen LogP contribution in [0, 0.1) is 11.8 Å². The molecule has 1 aromatic carbocycles. The number of benzene rings is 1. The summed E-state index contributed by atoms with van der Waals surface area (Å²) in [5, 5.41) is 89.6. The van der Waals surface area contributed by atoms with Gasteiger partial charge in [-0.3, -0.25) is 33.6 Å². The highest BCUT2D eigenvalue weighted by Gasteiger charge is 2.49. The summed E-state index contributed by atoms with van der Waals surface area (Å²) < 4.78 is 5.97. The minimum Gasteiger partial charge on any atom is -0.508 e. The lowest BCUT2D eigenvalue weighted by atomic mass is 9.99. The van der Waals surface area contributed by atoms with E-state index in [9.17, 15) is 69.3 Å². The Kier molecular flexibility index (Phi) is 25.6. The van der Waals surface area contributed by atoms with Crippen LogP contribution < -0.4 is 26.6 Å². The molecule has 0 aliphatic carbocycles. The van der Waals surface area contributed by atoms with Crippen LogP contribution in [0.15, 0.2) is 24.3 Å². The Morgan fingerprint density at radius 1 is 0.787 bits per heavy atom. The van der Waals surface area contributed by atoms with Crippen molar-refractivity contribution in [2.75, 3.05) is 46.9 Å². The molecule has 0 bridgehead atoms. The number of hydrogen-bond donors (Lipinski definition) is 12. The van der Waals surface area contributed by atoms with Crippen LogP contribution >= 0.6 is 0 Å². The van der Waals surface area contributed by atoms with Crippen LogP contribution in [0.4, 0.5) is 0 Å². The highest BCUT2D eigenvalue weighted by molar-refractivity contribution is 5.98. The second kappa shape index (κ2) is 30.7. The van der Waals surface area contributed by atoms with E-state index >= 15 is 0 Å². The van der Waals surface area contributed by atoms with Crippen LogP contribution in [0.2, 0.25) is 0 Å². The molecule has 7 amide bonds. The average Bonchev–Trinajstić information content (AvgIpc) is 3.91. The third-order valence-electron chi connectivity index (χ3n) is 14.5. The molecule has 1 unspecified atom stereocenters. The van der Waals surface area contributed by atoms with E-state index in [1.807, 2.05) is 0 Å². The van der Waals surface area contributed by atoms with Crippen molar-refractivity contribution >= 4 is 41.4 Å². The van der Waals surface area contributed by atoms with Gasteiger partial charge in [-0.05, 0) is 51.1 Å². The second-order valence-electron chi connectivity index (χ2n) is 21.1. The smallest absolute Gasteiger partial charge is 0.248 e. The van der Waals surface area contributed by atoms with Crippen LogP contribution in [0.5, 0.6) is 5.75 Å². The molecule has 14 atom stereocenters. The molecule has 0 spiro atoms. The number of aliphatic hydroxyl groups is 6. The fourth-order valence-electron chi connectivity index (χ4n) is 9.65. The van der Waals surface area contributed by atoms with Gasteiger partial charge in [-0.15, -0.1) is 0 Å². The van der Waals surface area contributed by atoms with Gasteiger partial charge < -0.3 is 81.8 Å². The fraction of sp³-hybridized carbons (Fsp3) is 0.750. The molecule has 1 aromatic rings. The van der Waals surface area contributed by atoms with E-state index in [0.717, 1.165) is 47.8 Å². The summed E-state index contributed by atoms with van der Waals surface area (Å²) in [5.41, 5.74) is 0.393. The summed E-state index contributed by atoms with van der Waals surface area (Å²) in [4.78, 5) is 103. The van der Waals surface area contributed by atoms with E-state index in [1.165, 1.54) is 56.9 Å². The fourth-order valence-corrected chi connectivity index (χ4v) is 9.65. The van der Waals surface area contributed by atoms with Crippen molar-refractivity contribution in [3.05, 3.63) is 29.8 Å². The number of phenols is 1. The zero-order valence-electron chi connectivity index (χ0n) is 44.6. The van der Waals surface area contributed by atoms with Crippen LogP contribution in [0.1, 0.15) is 117 Å². The first kappa shape index (κ1) is 62.5. The van der Waals surface area contributed by atoms with Crippen molar-refractivity contribution in [1.82, 2.24) is 41.3 Å². The SMILES string of the molecule is CCC(C)CCCCCCCCCCC(=O)N[C@H]1C[C@@H](O)[C@@H](OCCN(C)C)NC(=O)[C@@H]2[C@@H](O)[C@@H](C)CN2C(=O)[C@H](CO)NC(=O)[C@H]([C@H](O)Cc2ccc(O)cc2)NC(=O)[C@@H]2C[C@@H](O)CN2C(=O)[C@H]([C@@H](C)O)NC1=O. The van der Waals surface area contributed by atoms with Gasteiger partial charge in [-0.2, -0.15) is 0 Å². The molecule has 0 radical (unpaired) electrons. The van der Waals surface area contributed by atoms with E-state index in [2.05, 4.69) is 40.4 Å². The van der Waals surface area contributed by atoms with Crippen LogP contribution in [-0.2, 0) is 44.7 Å². The van der Waals surface area contributed by atoms with Gasteiger partial charge in [0, 0.05) is 51.2 Å². The van der Waals surface area contributed by atoms with Crippen molar-refractivity contribution in [3.63, 3.8) is 0 Å². The average molecular weight is 1060 g/mol. The summed E-state index contributed by atoms with van der Waals surface area (Å²) in [5.74, 6) is -7.15. The highest BCUT2D eigenvalue weighted by Crippen LogP contribution is 2.27. The lowest BCUT2D eigenvalue weighted by Gasteiger charge is -2.33. The van der Waals surface area contributed by atoms with Gasteiger partial charge in [0.1, 0.15) is 48.1 Å². The first-order valence-electron chi connectivity index (χ1n) is 26.7. The van der Waals surface area contributed by atoms with E-state index in [1.54, 1.807) is 25.9 Å². The van der Waals surface area contributed by atoms with E-state index < -0.39 is 146 Å². The van der Waals surface area contributed by atoms with Crippen molar-refractivity contribution in [2.45, 2.75) is 191 Å². The quantitative estimate of drug-likeness (QED) is 0.0589. The summed E-state index contributed by atoms with van der Waals surface area (Å²) in [7, 11) is 3.48. The topological polar surface area (TPSA) is 340 Å². The summed E-state index contributed by atoms with van der Waals surface area (Å²) in [6, 6.07) is -4.93. The van der Waals surface area contributed by atoms with E-state index in [-0.39, 0.29) is 38.3 Å². The standard InChI is InChI=1S/C52H86N8O15/c1-7-30(2)16-14-12-10-8-9-11-13-15-17-41(67)53-36-26-40(66)50(75-23-22-58(5)6)57-49(72)44-45(68)31(3)27-60(44)51(73)37(29-61)54-48(71)43(39(65)24-33-18-20-34(63)21-19-33)56-47(70)38-25-35(64)28-59(38)52(74)42(32(4)62)55-46(36)69/h18-21,30-32,35-40,42-45,50,61-66,68H,7-17,22-29H2,1-6H3,(H,53,67)(H,54,71)(H,55,69)(H,56,70)(H,57,72)/t30?,31-,32+,35+,36-,37-,38-,39+,40+,42-,43-,44-,45-,50+/m0/s1. The Morgan fingerprint density at radius 2 is 1.41 bits per heavy atom. The monoisotopic (exact) mass is 1060 g/mol. The summed E-state index contributed by atoms with van der Waals surface area (Å²) in [6.45, 7) is 5.57. The minimum atomic E-state index is -1.92. The molecule has 3 aliphatic rings. The number of rotatable bonds is 22. The third-order valence-corrected chi connectivity index (χ3v) is 14.5. The van der Waals surface area contributed by atoms with Crippen molar-refractivity contribution in [1.29, 1.82) is 0 Å². The third kappa shape index (κ3) is 18.9. The van der Waals surface area contributed by atoms with Crippen LogP contribution in [0.25, 0.3) is 0 Å². The van der Waals surface area contributed by atoms with Gasteiger partial charge in [0.05, 0.1) is 37.6 Å². The number of amides is 7. The predicted molar refractivity (Wildman–Crippen MR) is 274 cm³/mol. The van der Waals surface area contributed by atoms with Crippen molar-refractivity contribution in [3.8, 4) is 5.75 Å². The molecular formula is C52H86N8O15. The maximum absolute atomic E-state index is 14.4. The number of unbranched alkanes of at least 4 members (excludes halogenated alkanes) is 7. The number of fused-ring (bicyclic) bond motifs is 2. The zero-order valence-corrected chi connectivity index (χ0v) is 44.6. The van der Waals surface area contributed by atoms with Crippen LogP contribution in [-0.4, -0.2) is 212 Å². The number of likely N-dealkylation sites (N-methyl/N-ethyl adjacent to an activating group) is 1. The lowest BCUT2D eigenvalue weighted by molar-refractivity contribution is -0.148.